The minimum atomic E-state index is -2.95. The van der Waals surface area contributed by atoms with E-state index in [9.17, 15) is 13.6 Å². The molecule has 0 aliphatic carbocycles. The van der Waals surface area contributed by atoms with Gasteiger partial charge in [-0.15, -0.1) is 0 Å². The molecule has 0 aromatic heterocycles. The molecular formula is C14H19F2NO3. The van der Waals surface area contributed by atoms with Gasteiger partial charge in [0.05, 0.1) is 7.11 Å². The van der Waals surface area contributed by atoms with Gasteiger partial charge < -0.3 is 14.8 Å². The predicted molar refractivity (Wildman–Crippen MR) is 72.3 cm³/mol. The average Bonchev–Trinajstić information content (AvgIpc) is 2.39. The van der Waals surface area contributed by atoms with Crippen molar-refractivity contribution in [2.24, 2.45) is 5.92 Å². The van der Waals surface area contributed by atoms with Gasteiger partial charge in [0.1, 0.15) is 0 Å². The molecule has 112 valence electrons. The lowest BCUT2D eigenvalue weighted by atomic mass is 10.0. The van der Waals surface area contributed by atoms with Crippen LogP contribution in [0.5, 0.6) is 11.5 Å². The summed E-state index contributed by atoms with van der Waals surface area (Å²) in [6.07, 6.45) is 1.44. The van der Waals surface area contributed by atoms with Gasteiger partial charge in [-0.05, 0) is 25.0 Å². The van der Waals surface area contributed by atoms with E-state index in [1.54, 1.807) is 6.07 Å². The first-order chi connectivity index (χ1) is 9.51. The van der Waals surface area contributed by atoms with Gasteiger partial charge in [-0.3, -0.25) is 4.79 Å². The molecule has 6 heteroatoms. The number of carbonyl (C=O) groups is 1. The van der Waals surface area contributed by atoms with Gasteiger partial charge in [-0.1, -0.05) is 13.8 Å². The lowest BCUT2D eigenvalue weighted by molar-refractivity contribution is -0.120. The molecule has 0 atom stereocenters. The van der Waals surface area contributed by atoms with E-state index in [0.717, 1.165) is 12.8 Å². The number of ether oxygens (including phenoxy) is 2. The summed E-state index contributed by atoms with van der Waals surface area (Å²) >= 11 is 0. The molecule has 0 aliphatic heterocycles. The largest absolute Gasteiger partial charge is 0.493 e. The highest BCUT2D eigenvalue weighted by molar-refractivity contribution is 5.92. The van der Waals surface area contributed by atoms with E-state index >= 15 is 0 Å². The number of nitrogens with one attached hydrogen (secondary N) is 1. The Bertz CT molecular complexity index is 448. The van der Waals surface area contributed by atoms with Crippen LogP contribution in [0.25, 0.3) is 0 Å². The van der Waals surface area contributed by atoms with Gasteiger partial charge in [0, 0.05) is 17.7 Å². The van der Waals surface area contributed by atoms with Gasteiger partial charge >= 0.3 is 6.61 Å². The van der Waals surface area contributed by atoms with Crippen LogP contribution in [0.15, 0.2) is 18.2 Å². The SMILES string of the molecule is CCC(CC)C(=O)Nc1ccc(OC)c(OC(F)F)c1. The molecule has 0 aliphatic rings. The van der Waals surface area contributed by atoms with E-state index in [4.69, 9.17) is 4.74 Å². The molecule has 0 fully saturated rings. The number of halogens is 2. The van der Waals surface area contributed by atoms with Crippen LogP contribution in [0.1, 0.15) is 26.7 Å². The fourth-order valence-electron chi connectivity index (χ4n) is 1.85. The van der Waals surface area contributed by atoms with Crippen molar-refractivity contribution in [3.63, 3.8) is 0 Å². The molecule has 0 bridgehead atoms. The number of anilines is 1. The highest BCUT2D eigenvalue weighted by atomic mass is 19.3. The first-order valence-electron chi connectivity index (χ1n) is 6.45. The van der Waals surface area contributed by atoms with Crippen molar-refractivity contribution >= 4 is 11.6 Å². The number of alkyl halides is 2. The molecule has 0 heterocycles. The number of hydrogen-bond donors (Lipinski definition) is 1. The van der Waals surface area contributed by atoms with Crippen molar-refractivity contribution in [1.29, 1.82) is 0 Å². The first-order valence-corrected chi connectivity index (χ1v) is 6.45. The van der Waals surface area contributed by atoms with Crippen LogP contribution in [0.2, 0.25) is 0 Å². The van der Waals surface area contributed by atoms with Crippen LogP contribution in [0.4, 0.5) is 14.5 Å². The zero-order valence-corrected chi connectivity index (χ0v) is 11.8. The lowest BCUT2D eigenvalue weighted by Crippen LogP contribution is -2.21. The smallest absolute Gasteiger partial charge is 0.387 e. The maximum absolute atomic E-state index is 12.3. The molecule has 0 saturated carbocycles. The van der Waals surface area contributed by atoms with Crippen molar-refractivity contribution in [3.8, 4) is 11.5 Å². The minimum Gasteiger partial charge on any atom is -0.493 e. The van der Waals surface area contributed by atoms with Gasteiger partial charge in [-0.2, -0.15) is 8.78 Å². The molecule has 0 radical (unpaired) electrons. The zero-order valence-electron chi connectivity index (χ0n) is 11.8. The lowest BCUT2D eigenvalue weighted by Gasteiger charge is -2.15. The summed E-state index contributed by atoms with van der Waals surface area (Å²) in [7, 11) is 1.36. The highest BCUT2D eigenvalue weighted by Crippen LogP contribution is 2.31. The Kier molecular flexibility index (Phi) is 6.21. The average molecular weight is 287 g/mol. The standard InChI is InChI=1S/C14H19F2NO3/c1-4-9(5-2)13(18)17-10-6-7-11(19-3)12(8-10)20-14(15)16/h6-9,14H,4-5H2,1-3H3,(H,17,18). The Hall–Kier alpha value is -1.85. The number of benzene rings is 1. The predicted octanol–water partition coefficient (Wildman–Crippen LogP) is 3.67. The molecule has 1 aromatic rings. The van der Waals surface area contributed by atoms with E-state index in [0.29, 0.717) is 5.69 Å². The Morgan fingerprint density at radius 1 is 1.25 bits per heavy atom. The van der Waals surface area contributed by atoms with Crippen molar-refractivity contribution in [2.75, 3.05) is 12.4 Å². The first kappa shape index (κ1) is 16.2. The van der Waals surface area contributed by atoms with Crippen LogP contribution in [0, 0.1) is 5.92 Å². The summed E-state index contributed by atoms with van der Waals surface area (Å²) in [5, 5.41) is 2.69. The third-order valence-corrected chi connectivity index (χ3v) is 3.00. The van der Waals surface area contributed by atoms with Crippen molar-refractivity contribution in [2.45, 2.75) is 33.3 Å². The van der Waals surface area contributed by atoms with E-state index in [1.165, 1.54) is 19.2 Å². The molecular weight excluding hydrogens is 268 g/mol. The second-order valence-electron chi connectivity index (χ2n) is 4.25. The second kappa shape index (κ2) is 7.67. The number of rotatable bonds is 7. The molecule has 1 amide bonds. The number of methoxy groups -OCH3 is 1. The van der Waals surface area contributed by atoms with Crippen LogP contribution in [-0.2, 0) is 4.79 Å². The fraction of sp³-hybridized carbons (Fsp3) is 0.500. The molecule has 1 N–H and O–H groups in total. The molecule has 0 saturated heterocycles. The van der Waals surface area contributed by atoms with Crippen molar-refractivity contribution < 1.29 is 23.0 Å². The second-order valence-corrected chi connectivity index (χ2v) is 4.25. The Morgan fingerprint density at radius 3 is 2.40 bits per heavy atom. The molecule has 4 nitrogen and oxygen atoms in total. The summed E-state index contributed by atoms with van der Waals surface area (Å²) in [6, 6.07) is 4.38. The maximum Gasteiger partial charge on any atom is 0.387 e. The quantitative estimate of drug-likeness (QED) is 0.832. The summed E-state index contributed by atoms with van der Waals surface area (Å²) in [6.45, 7) is 0.897. The van der Waals surface area contributed by atoms with E-state index in [1.807, 2.05) is 13.8 Å². The summed E-state index contributed by atoms with van der Waals surface area (Å²) in [5.74, 6) is -0.157. The van der Waals surface area contributed by atoms with Crippen LogP contribution in [0.3, 0.4) is 0 Å². The summed E-state index contributed by atoms with van der Waals surface area (Å²) in [5.41, 5.74) is 0.401. The van der Waals surface area contributed by atoms with E-state index in [2.05, 4.69) is 10.1 Å². The van der Waals surface area contributed by atoms with Gasteiger partial charge in [0.2, 0.25) is 5.91 Å². The molecule has 1 rings (SSSR count). The fourth-order valence-corrected chi connectivity index (χ4v) is 1.85. The number of amides is 1. The Morgan fingerprint density at radius 2 is 1.90 bits per heavy atom. The molecule has 0 spiro atoms. The third-order valence-electron chi connectivity index (χ3n) is 3.00. The Balaban J connectivity index is 2.88. The minimum absolute atomic E-state index is 0.100. The van der Waals surface area contributed by atoms with E-state index < -0.39 is 6.61 Å². The maximum atomic E-state index is 12.3. The molecule has 0 unspecified atom stereocenters. The van der Waals surface area contributed by atoms with Gasteiger partial charge in [-0.25, -0.2) is 0 Å². The van der Waals surface area contributed by atoms with Crippen LogP contribution < -0.4 is 14.8 Å². The normalized spacial score (nSPS) is 10.8. The van der Waals surface area contributed by atoms with Crippen LogP contribution >= 0.6 is 0 Å². The third kappa shape index (κ3) is 4.36. The molecule has 1 aromatic carbocycles. The van der Waals surface area contributed by atoms with Crippen molar-refractivity contribution in [1.82, 2.24) is 0 Å². The van der Waals surface area contributed by atoms with Crippen molar-refractivity contribution in [3.05, 3.63) is 18.2 Å². The number of hydrogen-bond acceptors (Lipinski definition) is 3. The number of carbonyl (C=O) groups excluding carboxylic acids is 1. The summed E-state index contributed by atoms with van der Waals surface area (Å²) < 4.78 is 33.9. The highest BCUT2D eigenvalue weighted by Gasteiger charge is 2.16. The molecule has 20 heavy (non-hydrogen) atoms. The van der Waals surface area contributed by atoms with Gasteiger partial charge in [0.25, 0.3) is 0 Å². The zero-order chi connectivity index (χ0) is 15.1. The Labute approximate surface area is 117 Å². The van der Waals surface area contributed by atoms with E-state index in [-0.39, 0.29) is 23.3 Å². The monoisotopic (exact) mass is 287 g/mol. The van der Waals surface area contributed by atoms with Gasteiger partial charge in [0.15, 0.2) is 11.5 Å². The summed E-state index contributed by atoms with van der Waals surface area (Å²) in [4.78, 5) is 11.9. The topological polar surface area (TPSA) is 47.6 Å². The van der Waals surface area contributed by atoms with Crippen LogP contribution in [-0.4, -0.2) is 19.6 Å².